The second-order valence-electron chi connectivity index (χ2n) is 8.94. The monoisotopic (exact) mass is 494 g/mol. The molecule has 3 aromatic rings. The summed E-state index contributed by atoms with van der Waals surface area (Å²) in [6, 6.07) is 7.56. The summed E-state index contributed by atoms with van der Waals surface area (Å²) in [6.07, 6.45) is 1.69. The number of aryl methyl sites for hydroxylation is 3. The van der Waals surface area contributed by atoms with Gasteiger partial charge in [0, 0.05) is 32.6 Å². The third kappa shape index (κ3) is 5.70. The van der Waals surface area contributed by atoms with Gasteiger partial charge in [0.25, 0.3) is 5.91 Å². The van der Waals surface area contributed by atoms with E-state index in [0.29, 0.717) is 39.7 Å². The first-order chi connectivity index (χ1) is 16.6. The van der Waals surface area contributed by atoms with Crippen molar-refractivity contribution in [1.82, 2.24) is 9.88 Å². The molecular formula is C27H34N4O3S. The van der Waals surface area contributed by atoms with E-state index >= 15 is 0 Å². The SMILES string of the molecule is CCCN(CCC)C(=O)c1cc(NC(C)=O)cc2nc(N(C(C)=O)c3c(C)cc(C)cc3C)sc12. The highest BCUT2D eigenvalue weighted by Crippen LogP contribution is 2.39. The number of hydrogen-bond donors (Lipinski definition) is 1. The zero-order valence-corrected chi connectivity index (χ0v) is 22.4. The lowest BCUT2D eigenvalue weighted by Gasteiger charge is -2.23. The largest absolute Gasteiger partial charge is 0.339 e. The maximum absolute atomic E-state index is 13.6. The molecule has 1 aromatic heterocycles. The van der Waals surface area contributed by atoms with Crippen molar-refractivity contribution in [3.05, 3.63) is 46.5 Å². The maximum atomic E-state index is 13.6. The average Bonchev–Trinajstić information content (AvgIpc) is 3.17. The molecule has 0 aliphatic rings. The molecule has 2 aromatic carbocycles. The Morgan fingerprint density at radius 3 is 2.06 bits per heavy atom. The lowest BCUT2D eigenvalue weighted by Crippen LogP contribution is -2.32. The van der Waals surface area contributed by atoms with Crippen molar-refractivity contribution in [2.45, 2.75) is 61.3 Å². The number of amides is 3. The van der Waals surface area contributed by atoms with Gasteiger partial charge in [0.2, 0.25) is 11.8 Å². The van der Waals surface area contributed by atoms with Gasteiger partial charge in [-0.1, -0.05) is 42.9 Å². The van der Waals surface area contributed by atoms with Crippen LogP contribution in [0.5, 0.6) is 0 Å². The summed E-state index contributed by atoms with van der Waals surface area (Å²) in [6.45, 7) is 14.3. The highest BCUT2D eigenvalue weighted by atomic mass is 32.1. The van der Waals surface area contributed by atoms with Crippen LogP contribution >= 0.6 is 11.3 Å². The zero-order chi connectivity index (χ0) is 25.9. The number of nitrogens with zero attached hydrogens (tertiary/aromatic N) is 3. The van der Waals surface area contributed by atoms with Gasteiger partial charge >= 0.3 is 0 Å². The Hall–Kier alpha value is -3.26. The summed E-state index contributed by atoms with van der Waals surface area (Å²) >= 11 is 1.32. The highest BCUT2D eigenvalue weighted by Gasteiger charge is 2.26. The minimum absolute atomic E-state index is 0.0989. The number of benzene rings is 2. The minimum Gasteiger partial charge on any atom is -0.339 e. The fourth-order valence-electron chi connectivity index (χ4n) is 4.49. The molecule has 3 amide bonds. The number of anilines is 3. The van der Waals surface area contributed by atoms with Gasteiger partial charge in [-0.05, 0) is 56.9 Å². The molecule has 0 spiro atoms. The van der Waals surface area contributed by atoms with Crippen molar-refractivity contribution < 1.29 is 14.4 Å². The molecule has 0 bridgehead atoms. The van der Waals surface area contributed by atoms with Gasteiger partial charge < -0.3 is 10.2 Å². The van der Waals surface area contributed by atoms with E-state index < -0.39 is 0 Å². The van der Waals surface area contributed by atoms with E-state index in [0.717, 1.165) is 35.2 Å². The predicted molar refractivity (Wildman–Crippen MR) is 144 cm³/mol. The molecule has 186 valence electrons. The molecule has 1 N–H and O–H groups in total. The van der Waals surface area contributed by atoms with Crippen LogP contribution in [0.3, 0.4) is 0 Å². The van der Waals surface area contributed by atoms with Crippen LogP contribution in [-0.2, 0) is 9.59 Å². The second-order valence-corrected chi connectivity index (χ2v) is 9.92. The molecule has 3 rings (SSSR count). The molecule has 0 radical (unpaired) electrons. The first-order valence-corrected chi connectivity index (χ1v) is 12.8. The molecular weight excluding hydrogens is 460 g/mol. The van der Waals surface area contributed by atoms with Crippen molar-refractivity contribution in [2.75, 3.05) is 23.3 Å². The van der Waals surface area contributed by atoms with Gasteiger partial charge in [0.15, 0.2) is 5.13 Å². The number of hydrogen-bond acceptors (Lipinski definition) is 5. The zero-order valence-electron chi connectivity index (χ0n) is 21.6. The van der Waals surface area contributed by atoms with Crippen molar-refractivity contribution in [3.63, 3.8) is 0 Å². The molecule has 0 aliphatic carbocycles. The Morgan fingerprint density at radius 2 is 1.54 bits per heavy atom. The number of carbonyl (C=O) groups is 3. The molecule has 0 saturated carbocycles. The van der Waals surface area contributed by atoms with Crippen LogP contribution in [0.2, 0.25) is 0 Å². The Bertz CT molecular complexity index is 1250. The molecule has 8 heteroatoms. The molecule has 0 unspecified atom stereocenters. The highest BCUT2D eigenvalue weighted by molar-refractivity contribution is 7.22. The van der Waals surface area contributed by atoms with Crippen LogP contribution in [0.15, 0.2) is 24.3 Å². The van der Waals surface area contributed by atoms with Gasteiger partial charge in [-0.25, -0.2) is 4.98 Å². The van der Waals surface area contributed by atoms with E-state index in [4.69, 9.17) is 4.98 Å². The lowest BCUT2D eigenvalue weighted by molar-refractivity contribution is -0.116. The van der Waals surface area contributed by atoms with Crippen LogP contribution < -0.4 is 10.2 Å². The Kier molecular flexibility index (Phi) is 8.27. The van der Waals surface area contributed by atoms with E-state index in [1.807, 2.05) is 51.7 Å². The third-order valence-corrected chi connectivity index (χ3v) is 6.76. The minimum atomic E-state index is -0.228. The van der Waals surface area contributed by atoms with E-state index in [1.165, 1.54) is 25.2 Å². The number of rotatable bonds is 8. The van der Waals surface area contributed by atoms with E-state index in [1.54, 1.807) is 17.0 Å². The van der Waals surface area contributed by atoms with Gasteiger partial charge in [-0.3, -0.25) is 19.3 Å². The van der Waals surface area contributed by atoms with Crippen molar-refractivity contribution >= 4 is 55.8 Å². The second kappa shape index (κ2) is 11.0. The summed E-state index contributed by atoms with van der Waals surface area (Å²) in [7, 11) is 0. The Labute approximate surface area is 211 Å². The van der Waals surface area contributed by atoms with Crippen LogP contribution in [0.1, 0.15) is 67.6 Å². The average molecular weight is 495 g/mol. The van der Waals surface area contributed by atoms with Crippen molar-refractivity contribution in [1.29, 1.82) is 0 Å². The Morgan fingerprint density at radius 1 is 0.943 bits per heavy atom. The van der Waals surface area contributed by atoms with E-state index in [9.17, 15) is 14.4 Å². The summed E-state index contributed by atoms with van der Waals surface area (Å²) in [5.41, 5.74) is 5.44. The van der Waals surface area contributed by atoms with E-state index in [-0.39, 0.29) is 17.7 Å². The van der Waals surface area contributed by atoms with Gasteiger partial charge in [0.05, 0.1) is 21.5 Å². The van der Waals surface area contributed by atoms with Gasteiger partial charge in [0.1, 0.15) is 0 Å². The number of aromatic nitrogens is 1. The fraction of sp³-hybridized carbons (Fsp3) is 0.407. The first-order valence-electron chi connectivity index (χ1n) is 12.0. The summed E-state index contributed by atoms with van der Waals surface area (Å²) in [5.74, 6) is -0.487. The third-order valence-electron chi connectivity index (χ3n) is 5.67. The molecule has 35 heavy (non-hydrogen) atoms. The van der Waals surface area contributed by atoms with Crippen molar-refractivity contribution in [3.8, 4) is 0 Å². The summed E-state index contributed by atoms with van der Waals surface area (Å²) in [5, 5.41) is 3.28. The van der Waals surface area contributed by atoms with E-state index in [2.05, 4.69) is 5.32 Å². The van der Waals surface area contributed by atoms with Crippen LogP contribution in [0.4, 0.5) is 16.5 Å². The number of thiazole rings is 1. The van der Waals surface area contributed by atoms with Gasteiger partial charge in [-0.2, -0.15) is 0 Å². The topological polar surface area (TPSA) is 82.6 Å². The quantitative estimate of drug-likeness (QED) is 0.409. The number of carbonyl (C=O) groups excluding carboxylic acids is 3. The normalized spacial score (nSPS) is 10.9. The smallest absolute Gasteiger partial charge is 0.255 e. The number of fused-ring (bicyclic) bond motifs is 1. The maximum Gasteiger partial charge on any atom is 0.255 e. The Balaban J connectivity index is 2.24. The lowest BCUT2D eigenvalue weighted by atomic mass is 10.0. The van der Waals surface area contributed by atoms with Crippen molar-refractivity contribution in [2.24, 2.45) is 0 Å². The van der Waals surface area contributed by atoms with Crippen LogP contribution in [-0.4, -0.2) is 40.7 Å². The molecule has 0 saturated heterocycles. The molecule has 0 fully saturated rings. The standard InChI is InChI=1S/C27H34N4O3S/c1-8-10-30(11-9-2)26(34)22-14-21(28-19(6)32)15-23-25(22)35-27(29-23)31(20(7)33)24-17(4)12-16(3)13-18(24)5/h12-15H,8-11H2,1-7H3,(H,28,32). The number of nitrogens with one attached hydrogen (secondary N) is 1. The molecule has 7 nitrogen and oxygen atoms in total. The summed E-state index contributed by atoms with van der Waals surface area (Å²) < 4.78 is 0.699. The van der Waals surface area contributed by atoms with Crippen LogP contribution in [0.25, 0.3) is 10.2 Å². The van der Waals surface area contributed by atoms with Gasteiger partial charge in [-0.15, -0.1) is 0 Å². The molecule has 0 aliphatic heterocycles. The fourth-order valence-corrected chi connectivity index (χ4v) is 5.59. The van der Waals surface area contributed by atoms with Crippen LogP contribution in [0, 0.1) is 20.8 Å². The molecule has 0 atom stereocenters. The molecule has 1 heterocycles. The first kappa shape index (κ1) is 26.3. The predicted octanol–water partition coefficient (Wildman–Crippen LogP) is 6.13. The summed E-state index contributed by atoms with van der Waals surface area (Å²) in [4.78, 5) is 46.5.